The van der Waals surface area contributed by atoms with Gasteiger partial charge >= 0.3 is 6.09 Å². The molecule has 1 amide bonds. The molecule has 0 spiro atoms. The fraction of sp³-hybridized carbons (Fsp3) is 0.500. The number of aromatic amines is 1. The summed E-state index contributed by atoms with van der Waals surface area (Å²) in [5.41, 5.74) is 0.0819. The Hall–Kier alpha value is -1.76. The van der Waals surface area contributed by atoms with Crippen LogP contribution in [0.4, 0.5) is 10.5 Å². The number of amides is 1. The molecule has 1 aliphatic heterocycles. The number of hydrogen-bond donors (Lipinski definition) is 3. The van der Waals surface area contributed by atoms with Gasteiger partial charge in [0.05, 0.1) is 17.9 Å². The molecule has 1 saturated heterocycles. The Morgan fingerprint density at radius 3 is 3.06 bits per heavy atom. The lowest BCUT2D eigenvalue weighted by molar-refractivity contribution is 0.188. The van der Waals surface area contributed by atoms with Gasteiger partial charge in [0.2, 0.25) is 0 Å². The zero-order chi connectivity index (χ0) is 13.3. The molecule has 0 bridgehead atoms. The van der Waals surface area contributed by atoms with E-state index in [-0.39, 0.29) is 17.0 Å². The molecule has 0 aliphatic carbocycles. The molecule has 0 aromatic carbocycles. The molecule has 18 heavy (non-hydrogen) atoms. The van der Waals surface area contributed by atoms with Crippen molar-refractivity contribution in [1.29, 1.82) is 0 Å². The molecule has 8 heteroatoms. The fourth-order valence-corrected chi connectivity index (χ4v) is 2.32. The van der Waals surface area contributed by atoms with Gasteiger partial charge in [0.25, 0.3) is 5.56 Å². The van der Waals surface area contributed by atoms with Crippen LogP contribution >= 0.6 is 11.6 Å². The van der Waals surface area contributed by atoms with Gasteiger partial charge in [0.1, 0.15) is 5.02 Å². The SMILES string of the molecule is C[C@H]1CN(c2cn[nH]c(=O)c2Cl)C[C@@H]1NC(=O)O. The molecule has 1 aromatic rings. The average molecular weight is 273 g/mol. The summed E-state index contributed by atoms with van der Waals surface area (Å²) in [7, 11) is 0. The molecule has 1 aromatic heterocycles. The van der Waals surface area contributed by atoms with Crippen molar-refractivity contribution >= 4 is 23.4 Å². The Balaban J connectivity index is 2.19. The van der Waals surface area contributed by atoms with E-state index in [1.807, 2.05) is 11.8 Å². The zero-order valence-electron chi connectivity index (χ0n) is 9.68. The minimum atomic E-state index is -1.05. The first-order valence-electron chi connectivity index (χ1n) is 5.46. The van der Waals surface area contributed by atoms with E-state index in [2.05, 4.69) is 15.5 Å². The van der Waals surface area contributed by atoms with Crippen LogP contribution in [0.5, 0.6) is 0 Å². The average Bonchev–Trinajstić information content (AvgIpc) is 2.63. The van der Waals surface area contributed by atoms with Crippen LogP contribution in [0.25, 0.3) is 0 Å². The van der Waals surface area contributed by atoms with E-state index >= 15 is 0 Å². The summed E-state index contributed by atoms with van der Waals surface area (Å²) in [6.45, 7) is 3.03. The standard InChI is InChI=1S/C10H13ClN4O3/c1-5-3-15(4-6(5)13-10(17)18)7-2-12-14-9(16)8(7)11/h2,5-6,13H,3-4H2,1H3,(H,14,16)(H,17,18)/t5-,6-/m0/s1. The summed E-state index contributed by atoms with van der Waals surface area (Å²) in [5, 5.41) is 17.2. The number of nitrogens with zero attached hydrogens (tertiary/aromatic N) is 2. The predicted octanol–water partition coefficient (Wildman–Crippen LogP) is 0.516. The zero-order valence-corrected chi connectivity index (χ0v) is 10.4. The van der Waals surface area contributed by atoms with Crippen molar-refractivity contribution in [2.24, 2.45) is 5.92 Å². The van der Waals surface area contributed by atoms with Gasteiger partial charge in [-0.05, 0) is 5.92 Å². The summed E-state index contributed by atoms with van der Waals surface area (Å²) < 4.78 is 0. The lowest BCUT2D eigenvalue weighted by Crippen LogP contribution is -2.39. The maximum Gasteiger partial charge on any atom is 0.404 e. The van der Waals surface area contributed by atoms with E-state index < -0.39 is 11.7 Å². The van der Waals surface area contributed by atoms with Crippen LogP contribution in [0.1, 0.15) is 6.92 Å². The van der Waals surface area contributed by atoms with Crippen LogP contribution in [0.2, 0.25) is 5.02 Å². The van der Waals surface area contributed by atoms with Crippen molar-refractivity contribution in [3.63, 3.8) is 0 Å². The minimum Gasteiger partial charge on any atom is -0.465 e. The first-order valence-corrected chi connectivity index (χ1v) is 5.84. The Labute approximate surface area is 108 Å². The number of halogens is 1. The first kappa shape index (κ1) is 12.7. The van der Waals surface area contributed by atoms with E-state index in [1.54, 1.807) is 0 Å². The maximum absolute atomic E-state index is 11.4. The summed E-state index contributed by atoms with van der Waals surface area (Å²) >= 11 is 5.91. The summed E-state index contributed by atoms with van der Waals surface area (Å²) in [5.74, 6) is 0.136. The molecule has 0 unspecified atom stereocenters. The normalized spacial score (nSPS) is 23.1. The lowest BCUT2D eigenvalue weighted by atomic mass is 10.1. The van der Waals surface area contributed by atoms with Gasteiger partial charge in [-0.2, -0.15) is 5.10 Å². The lowest BCUT2D eigenvalue weighted by Gasteiger charge is -2.18. The smallest absolute Gasteiger partial charge is 0.404 e. The van der Waals surface area contributed by atoms with E-state index in [0.717, 1.165) is 0 Å². The first-order chi connectivity index (χ1) is 8.49. The molecule has 2 atom stereocenters. The van der Waals surface area contributed by atoms with E-state index in [0.29, 0.717) is 18.8 Å². The van der Waals surface area contributed by atoms with Gasteiger partial charge < -0.3 is 15.3 Å². The van der Waals surface area contributed by atoms with Crippen LogP contribution in [0.3, 0.4) is 0 Å². The number of aromatic nitrogens is 2. The third kappa shape index (κ3) is 2.40. The van der Waals surface area contributed by atoms with E-state index in [1.165, 1.54) is 6.20 Å². The number of H-pyrrole nitrogens is 1. The van der Waals surface area contributed by atoms with Gasteiger partial charge in [-0.1, -0.05) is 18.5 Å². The van der Waals surface area contributed by atoms with Gasteiger partial charge in [-0.15, -0.1) is 0 Å². The molecule has 1 fully saturated rings. The topological polar surface area (TPSA) is 98.3 Å². The Morgan fingerprint density at radius 2 is 2.39 bits per heavy atom. The second-order valence-electron chi connectivity index (χ2n) is 4.34. The molecule has 98 valence electrons. The number of carbonyl (C=O) groups is 1. The molecule has 3 N–H and O–H groups in total. The highest BCUT2D eigenvalue weighted by Crippen LogP contribution is 2.27. The minimum absolute atomic E-state index is 0.0770. The van der Waals surface area contributed by atoms with Crippen LogP contribution < -0.4 is 15.8 Å². The Kier molecular flexibility index (Phi) is 3.42. The third-order valence-electron chi connectivity index (χ3n) is 3.04. The fourth-order valence-electron chi connectivity index (χ4n) is 2.10. The molecule has 2 rings (SSSR count). The molecular weight excluding hydrogens is 260 g/mol. The molecule has 0 saturated carbocycles. The number of hydrogen-bond acceptors (Lipinski definition) is 4. The van der Waals surface area contributed by atoms with Crippen LogP contribution in [0, 0.1) is 5.92 Å². The maximum atomic E-state index is 11.4. The van der Waals surface area contributed by atoms with Gasteiger partial charge in [0.15, 0.2) is 0 Å². The Bertz CT molecular complexity index is 518. The molecule has 2 heterocycles. The summed E-state index contributed by atoms with van der Waals surface area (Å²) in [4.78, 5) is 23.8. The van der Waals surface area contributed by atoms with Crippen LogP contribution in [0.15, 0.2) is 11.0 Å². The number of anilines is 1. The van der Waals surface area contributed by atoms with Crippen LogP contribution in [-0.4, -0.2) is 40.5 Å². The van der Waals surface area contributed by atoms with Gasteiger partial charge in [-0.3, -0.25) is 4.79 Å². The monoisotopic (exact) mass is 272 g/mol. The number of rotatable bonds is 2. The van der Waals surface area contributed by atoms with Crippen molar-refractivity contribution in [1.82, 2.24) is 15.5 Å². The van der Waals surface area contributed by atoms with Crippen molar-refractivity contribution < 1.29 is 9.90 Å². The number of nitrogens with one attached hydrogen (secondary N) is 2. The molecular formula is C10H13ClN4O3. The van der Waals surface area contributed by atoms with Gasteiger partial charge in [-0.25, -0.2) is 9.89 Å². The molecule has 7 nitrogen and oxygen atoms in total. The molecule has 1 aliphatic rings. The predicted molar refractivity (Wildman–Crippen MR) is 66.2 cm³/mol. The highest BCUT2D eigenvalue weighted by molar-refractivity contribution is 6.33. The quantitative estimate of drug-likeness (QED) is 0.729. The largest absolute Gasteiger partial charge is 0.465 e. The van der Waals surface area contributed by atoms with Crippen molar-refractivity contribution in [2.45, 2.75) is 13.0 Å². The summed E-state index contributed by atoms with van der Waals surface area (Å²) in [6.07, 6.45) is 0.420. The third-order valence-corrected chi connectivity index (χ3v) is 3.40. The highest BCUT2D eigenvalue weighted by Gasteiger charge is 2.32. The van der Waals surface area contributed by atoms with Crippen molar-refractivity contribution in [3.8, 4) is 0 Å². The van der Waals surface area contributed by atoms with Crippen LogP contribution in [-0.2, 0) is 0 Å². The van der Waals surface area contributed by atoms with Crippen molar-refractivity contribution in [3.05, 3.63) is 21.6 Å². The van der Waals surface area contributed by atoms with Crippen molar-refractivity contribution in [2.75, 3.05) is 18.0 Å². The highest BCUT2D eigenvalue weighted by atomic mass is 35.5. The van der Waals surface area contributed by atoms with E-state index in [9.17, 15) is 9.59 Å². The summed E-state index contributed by atoms with van der Waals surface area (Å²) in [6, 6.07) is -0.183. The second kappa shape index (κ2) is 4.85. The van der Waals surface area contributed by atoms with Gasteiger partial charge in [0, 0.05) is 13.1 Å². The second-order valence-corrected chi connectivity index (χ2v) is 4.71. The Morgan fingerprint density at radius 1 is 1.67 bits per heavy atom. The number of carboxylic acid groups (broad SMARTS) is 1. The molecule has 0 radical (unpaired) electrons. The van der Waals surface area contributed by atoms with E-state index in [4.69, 9.17) is 16.7 Å².